The quantitative estimate of drug-likeness (QED) is 0.691. The maximum atomic E-state index is 11.9. The van der Waals surface area contributed by atoms with Crippen LogP contribution in [0, 0.1) is 0 Å². The van der Waals surface area contributed by atoms with Crippen LogP contribution in [0.25, 0.3) is 0 Å². The Labute approximate surface area is 118 Å². The average Bonchev–Trinajstić information content (AvgIpc) is 3.23. The Hall–Kier alpha value is -2.11. The molecule has 0 aromatic carbocycles. The van der Waals surface area contributed by atoms with Crippen LogP contribution in [-0.4, -0.2) is 35.9 Å². The van der Waals surface area contributed by atoms with Gasteiger partial charge >= 0.3 is 0 Å². The molecule has 1 saturated carbocycles. The predicted octanol–water partition coefficient (Wildman–Crippen LogP) is 0.912. The van der Waals surface area contributed by atoms with E-state index in [9.17, 15) is 9.59 Å². The Morgan fingerprint density at radius 2 is 2.20 bits per heavy atom. The van der Waals surface area contributed by atoms with Gasteiger partial charge in [0.05, 0.1) is 0 Å². The van der Waals surface area contributed by atoms with Crippen LogP contribution >= 0.6 is 0 Å². The van der Waals surface area contributed by atoms with Crippen LogP contribution in [-0.2, 0) is 4.79 Å². The summed E-state index contributed by atoms with van der Waals surface area (Å²) in [7, 11) is 0. The molecule has 0 unspecified atom stereocenters. The number of anilines is 1. The van der Waals surface area contributed by atoms with E-state index >= 15 is 0 Å². The lowest BCUT2D eigenvalue weighted by molar-refractivity contribution is -0.121. The minimum Gasteiger partial charge on any atom is -0.385 e. The van der Waals surface area contributed by atoms with Gasteiger partial charge in [-0.1, -0.05) is 0 Å². The van der Waals surface area contributed by atoms with Crippen molar-refractivity contribution < 1.29 is 9.59 Å². The first kappa shape index (κ1) is 14.3. The minimum atomic E-state index is -0.260. The van der Waals surface area contributed by atoms with Crippen LogP contribution in [0.1, 0.15) is 36.7 Å². The SMILES string of the molecule is CCNc1ccnc(C(=O)NCCC(=O)NC2CC2)c1. The lowest BCUT2D eigenvalue weighted by Gasteiger charge is -2.07. The van der Waals surface area contributed by atoms with Gasteiger partial charge in [0.25, 0.3) is 5.91 Å². The number of rotatable bonds is 7. The van der Waals surface area contributed by atoms with Crippen molar-refractivity contribution in [3.8, 4) is 0 Å². The van der Waals surface area contributed by atoms with E-state index in [0.29, 0.717) is 24.7 Å². The number of hydrogen-bond donors (Lipinski definition) is 3. The van der Waals surface area contributed by atoms with Gasteiger partial charge in [-0.25, -0.2) is 0 Å². The van der Waals surface area contributed by atoms with Gasteiger partial charge < -0.3 is 16.0 Å². The Kier molecular flexibility index (Phi) is 4.92. The molecule has 0 radical (unpaired) electrons. The zero-order valence-electron chi connectivity index (χ0n) is 11.6. The summed E-state index contributed by atoms with van der Waals surface area (Å²) in [5.74, 6) is -0.272. The zero-order chi connectivity index (χ0) is 14.4. The average molecular weight is 276 g/mol. The molecule has 1 fully saturated rings. The van der Waals surface area contributed by atoms with Crippen molar-refractivity contribution in [3.63, 3.8) is 0 Å². The molecule has 0 saturated heterocycles. The summed E-state index contributed by atoms with van der Waals surface area (Å²) in [6.07, 6.45) is 4.03. The Balaban J connectivity index is 1.75. The van der Waals surface area contributed by atoms with Gasteiger partial charge in [0.15, 0.2) is 0 Å². The first-order valence-electron chi connectivity index (χ1n) is 6.96. The first-order valence-corrected chi connectivity index (χ1v) is 6.96. The van der Waals surface area contributed by atoms with E-state index in [1.807, 2.05) is 13.0 Å². The third kappa shape index (κ3) is 4.53. The van der Waals surface area contributed by atoms with Crippen molar-refractivity contribution in [2.24, 2.45) is 0 Å². The summed E-state index contributed by atoms with van der Waals surface area (Å²) in [5.41, 5.74) is 1.21. The fraction of sp³-hybridized carbons (Fsp3) is 0.500. The number of hydrogen-bond acceptors (Lipinski definition) is 4. The van der Waals surface area contributed by atoms with Gasteiger partial charge in [-0.2, -0.15) is 0 Å². The molecule has 6 heteroatoms. The van der Waals surface area contributed by atoms with E-state index in [4.69, 9.17) is 0 Å². The van der Waals surface area contributed by atoms with Crippen molar-refractivity contribution in [1.29, 1.82) is 0 Å². The second kappa shape index (κ2) is 6.88. The number of nitrogens with one attached hydrogen (secondary N) is 3. The molecule has 108 valence electrons. The number of carbonyl (C=O) groups excluding carboxylic acids is 2. The number of amides is 2. The lowest BCUT2D eigenvalue weighted by atomic mass is 10.3. The largest absolute Gasteiger partial charge is 0.385 e. The van der Waals surface area contributed by atoms with Gasteiger partial charge in [-0.05, 0) is 31.9 Å². The maximum absolute atomic E-state index is 11.9. The third-order valence-electron chi connectivity index (χ3n) is 2.95. The zero-order valence-corrected chi connectivity index (χ0v) is 11.6. The molecule has 1 aromatic rings. The summed E-state index contributed by atoms with van der Waals surface area (Å²) in [5, 5.41) is 8.70. The van der Waals surface area contributed by atoms with Crippen LogP contribution in [0.4, 0.5) is 5.69 Å². The Morgan fingerprint density at radius 1 is 1.40 bits per heavy atom. The van der Waals surface area contributed by atoms with E-state index < -0.39 is 0 Å². The highest BCUT2D eigenvalue weighted by molar-refractivity contribution is 5.93. The summed E-state index contributed by atoms with van der Waals surface area (Å²) in [6, 6.07) is 3.86. The van der Waals surface area contributed by atoms with E-state index in [0.717, 1.165) is 25.1 Å². The summed E-state index contributed by atoms with van der Waals surface area (Å²) < 4.78 is 0. The van der Waals surface area contributed by atoms with Gasteiger partial charge in [-0.3, -0.25) is 14.6 Å². The van der Waals surface area contributed by atoms with E-state index in [2.05, 4.69) is 20.9 Å². The Morgan fingerprint density at radius 3 is 2.90 bits per heavy atom. The van der Waals surface area contributed by atoms with Gasteiger partial charge in [-0.15, -0.1) is 0 Å². The normalized spacial score (nSPS) is 13.7. The smallest absolute Gasteiger partial charge is 0.269 e. The number of carbonyl (C=O) groups is 2. The van der Waals surface area contributed by atoms with E-state index in [-0.39, 0.29) is 11.8 Å². The molecular formula is C14H20N4O2. The van der Waals surface area contributed by atoms with Crippen LogP contribution in [0.3, 0.4) is 0 Å². The predicted molar refractivity (Wildman–Crippen MR) is 76.5 cm³/mol. The van der Waals surface area contributed by atoms with E-state index in [1.165, 1.54) is 0 Å². The van der Waals surface area contributed by atoms with Gasteiger partial charge in [0, 0.05) is 37.4 Å². The lowest BCUT2D eigenvalue weighted by Crippen LogP contribution is -2.32. The fourth-order valence-corrected chi connectivity index (χ4v) is 1.78. The molecule has 20 heavy (non-hydrogen) atoms. The molecule has 2 rings (SSSR count). The van der Waals surface area contributed by atoms with Crippen LogP contribution < -0.4 is 16.0 Å². The maximum Gasteiger partial charge on any atom is 0.269 e. The second-order valence-corrected chi connectivity index (χ2v) is 4.81. The molecule has 1 aliphatic rings. The standard InChI is InChI=1S/C14H20N4O2/c1-2-15-11-5-7-16-12(9-11)14(20)17-8-6-13(19)18-10-3-4-10/h5,7,9-10H,2-4,6,8H2,1H3,(H,15,16)(H,17,20)(H,18,19). The molecule has 0 atom stereocenters. The van der Waals surface area contributed by atoms with Crippen molar-refractivity contribution in [3.05, 3.63) is 24.0 Å². The molecule has 6 nitrogen and oxygen atoms in total. The monoisotopic (exact) mass is 276 g/mol. The second-order valence-electron chi connectivity index (χ2n) is 4.81. The highest BCUT2D eigenvalue weighted by atomic mass is 16.2. The molecule has 3 N–H and O–H groups in total. The van der Waals surface area contributed by atoms with Crippen LogP contribution in [0.5, 0.6) is 0 Å². The molecule has 1 aliphatic carbocycles. The third-order valence-corrected chi connectivity index (χ3v) is 2.95. The fourth-order valence-electron chi connectivity index (χ4n) is 1.78. The topological polar surface area (TPSA) is 83.1 Å². The Bertz CT molecular complexity index is 486. The summed E-state index contributed by atoms with van der Waals surface area (Å²) in [4.78, 5) is 27.4. The summed E-state index contributed by atoms with van der Waals surface area (Å²) >= 11 is 0. The van der Waals surface area contributed by atoms with E-state index in [1.54, 1.807) is 12.3 Å². The molecule has 1 aromatic heterocycles. The highest BCUT2D eigenvalue weighted by Gasteiger charge is 2.22. The molecule has 1 heterocycles. The number of nitrogens with zero attached hydrogens (tertiary/aromatic N) is 1. The number of pyridine rings is 1. The molecule has 2 amide bonds. The van der Waals surface area contributed by atoms with Crippen LogP contribution in [0.2, 0.25) is 0 Å². The van der Waals surface area contributed by atoms with Gasteiger partial charge in [0.1, 0.15) is 5.69 Å². The molecular weight excluding hydrogens is 256 g/mol. The van der Waals surface area contributed by atoms with Crippen molar-refractivity contribution in [1.82, 2.24) is 15.6 Å². The number of aromatic nitrogens is 1. The summed E-state index contributed by atoms with van der Waals surface area (Å²) in [6.45, 7) is 3.09. The molecule has 0 spiro atoms. The molecule has 0 bridgehead atoms. The minimum absolute atomic E-state index is 0.0119. The van der Waals surface area contributed by atoms with Gasteiger partial charge in [0.2, 0.25) is 5.91 Å². The van der Waals surface area contributed by atoms with Crippen molar-refractivity contribution in [2.45, 2.75) is 32.2 Å². The van der Waals surface area contributed by atoms with Crippen molar-refractivity contribution in [2.75, 3.05) is 18.4 Å². The van der Waals surface area contributed by atoms with Crippen LogP contribution in [0.15, 0.2) is 18.3 Å². The first-order chi connectivity index (χ1) is 9.69. The van der Waals surface area contributed by atoms with Crippen molar-refractivity contribution >= 4 is 17.5 Å². The molecule has 0 aliphatic heterocycles. The highest BCUT2D eigenvalue weighted by Crippen LogP contribution is 2.18.